The topological polar surface area (TPSA) is 91.1 Å². The zero-order valence-corrected chi connectivity index (χ0v) is 19.7. The lowest BCUT2D eigenvalue weighted by Crippen LogP contribution is -2.45. The summed E-state index contributed by atoms with van der Waals surface area (Å²) in [5.41, 5.74) is 1.10. The fourth-order valence-corrected chi connectivity index (χ4v) is 3.31. The number of anilines is 1. The molecule has 0 spiro atoms. The van der Waals surface area contributed by atoms with E-state index in [9.17, 15) is 4.79 Å². The summed E-state index contributed by atoms with van der Waals surface area (Å²) in [6.45, 7) is 4.92. The maximum Gasteiger partial charge on any atom is 0.242 e. The van der Waals surface area contributed by atoms with Gasteiger partial charge in [0.2, 0.25) is 5.91 Å². The van der Waals surface area contributed by atoms with E-state index in [4.69, 9.17) is 9.15 Å². The van der Waals surface area contributed by atoms with Crippen molar-refractivity contribution in [3.05, 3.63) is 48.4 Å². The predicted molar refractivity (Wildman–Crippen MR) is 129 cm³/mol. The van der Waals surface area contributed by atoms with Gasteiger partial charge in [-0.3, -0.25) is 4.79 Å². The fourth-order valence-electron chi connectivity index (χ4n) is 3.31. The van der Waals surface area contributed by atoms with Gasteiger partial charge in [0.1, 0.15) is 18.1 Å². The summed E-state index contributed by atoms with van der Waals surface area (Å²) in [5, 5.41) is 9.45. The number of carbonyl (C=O) groups is 1. The Hall–Kier alpha value is -2.43. The van der Waals surface area contributed by atoms with Gasteiger partial charge in [-0.2, -0.15) is 0 Å². The van der Waals surface area contributed by atoms with E-state index in [2.05, 4.69) is 31.9 Å². The quantitative estimate of drug-likeness (QED) is 0.278. The fraction of sp³-hybridized carbons (Fsp3) is 0.429. The van der Waals surface area contributed by atoms with Crippen molar-refractivity contribution in [3.63, 3.8) is 0 Å². The number of halogens is 1. The van der Waals surface area contributed by atoms with Crippen molar-refractivity contribution >= 4 is 41.5 Å². The zero-order valence-electron chi connectivity index (χ0n) is 17.4. The number of nitrogens with one attached hydrogen (secondary N) is 3. The summed E-state index contributed by atoms with van der Waals surface area (Å²) in [7, 11) is 1.69. The van der Waals surface area contributed by atoms with Gasteiger partial charge in [-0.25, -0.2) is 4.99 Å². The molecule has 0 radical (unpaired) electrons. The molecule has 1 atom stereocenters. The Morgan fingerprint density at radius 2 is 2.10 bits per heavy atom. The number of methoxy groups -OCH3 is 1. The third-order valence-electron chi connectivity index (χ3n) is 4.72. The van der Waals surface area contributed by atoms with E-state index in [0.29, 0.717) is 12.5 Å². The van der Waals surface area contributed by atoms with Crippen molar-refractivity contribution in [2.24, 2.45) is 4.99 Å². The molecule has 0 bridgehead atoms. The zero-order chi connectivity index (χ0) is 20.5. The van der Waals surface area contributed by atoms with Gasteiger partial charge in [0.15, 0.2) is 5.96 Å². The van der Waals surface area contributed by atoms with E-state index in [0.717, 1.165) is 43.3 Å². The first-order chi connectivity index (χ1) is 14.2. The molecule has 1 fully saturated rings. The number of ether oxygens (including phenoxy) is 1. The predicted octanol–water partition coefficient (Wildman–Crippen LogP) is 2.36. The van der Waals surface area contributed by atoms with Crippen LogP contribution >= 0.6 is 24.0 Å². The van der Waals surface area contributed by atoms with Crippen molar-refractivity contribution in [1.82, 2.24) is 16.0 Å². The summed E-state index contributed by atoms with van der Waals surface area (Å²) >= 11 is 0. The van der Waals surface area contributed by atoms with Gasteiger partial charge in [-0.1, -0.05) is 12.1 Å². The second kappa shape index (κ2) is 12.3. The number of rotatable bonds is 8. The van der Waals surface area contributed by atoms with Crippen LogP contribution in [0.25, 0.3) is 0 Å². The van der Waals surface area contributed by atoms with Gasteiger partial charge in [-0.15, -0.1) is 24.0 Å². The van der Waals surface area contributed by atoms with Crippen molar-refractivity contribution < 1.29 is 13.9 Å². The van der Waals surface area contributed by atoms with Gasteiger partial charge in [0.05, 0.1) is 25.6 Å². The van der Waals surface area contributed by atoms with Crippen LogP contribution in [0.2, 0.25) is 0 Å². The van der Waals surface area contributed by atoms with Crippen LogP contribution in [-0.2, 0) is 11.3 Å². The van der Waals surface area contributed by atoms with E-state index < -0.39 is 0 Å². The summed E-state index contributed by atoms with van der Waals surface area (Å²) in [5.74, 6) is 2.09. The average molecular weight is 527 g/mol. The minimum atomic E-state index is -0.152. The number of carbonyl (C=O) groups excluding carboxylic acids is 1. The van der Waals surface area contributed by atoms with Crippen LogP contribution in [0.5, 0.6) is 5.75 Å². The molecule has 3 N–H and O–H groups in total. The first-order valence-electron chi connectivity index (χ1n) is 9.91. The van der Waals surface area contributed by atoms with Crippen molar-refractivity contribution in [2.45, 2.75) is 25.9 Å². The summed E-state index contributed by atoms with van der Waals surface area (Å²) in [4.78, 5) is 18.8. The van der Waals surface area contributed by atoms with Crippen LogP contribution in [-0.4, -0.2) is 51.2 Å². The van der Waals surface area contributed by atoms with Gasteiger partial charge in [0.25, 0.3) is 0 Å². The molecule has 1 saturated heterocycles. The highest BCUT2D eigenvalue weighted by atomic mass is 127. The van der Waals surface area contributed by atoms with E-state index in [1.54, 1.807) is 19.4 Å². The van der Waals surface area contributed by atoms with E-state index in [1.807, 2.05) is 31.2 Å². The number of nitrogens with zero attached hydrogens (tertiary/aromatic N) is 2. The highest BCUT2D eigenvalue weighted by molar-refractivity contribution is 14.0. The molecule has 0 saturated carbocycles. The Morgan fingerprint density at radius 3 is 2.83 bits per heavy atom. The van der Waals surface area contributed by atoms with Crippen molar-refractivity contribution in [2.75, 3.05) is 38.2 Å². The van der Waals surface area contributed by atoms with Crippen LogP contribution in [0.15, 0.2) is 52.1 Å². The Morgan fingerprint density at radius 1 is 1.27 bits per heavy atom. The van der Waals surface area contributed by atoms with Crippen molar-refractivity contribution in [3.8, 4) is 5.75 Å². The molecule has 1 aromatic heterocycles. The van der Waals surface area contributed by atoms with Crippen LogP contribution in [0, 0.1) is 0 Å². The molecule has 30 heavy (non-hydrogen) atoms. The lowest BCUT2D eigenvalue weighted by atomic mass is 10.2. The summed E-state index contributed by atoms with van der Waals surface area (Å²) in [6.07, 6.45) is 2.57. The van der Waals surface area contributed by atoms with Crippen LogP contribution in [0.3, 0.4) is 0 Å². The second-order valence-corrected chi connectivity index (χ2v) is 6.80. The molecule has 1 aliphatic rings. The number of guanidine groups is 1. The summed E-state index contributed by atoms with van der Waals surface area (Å²) in [6, 6.07) is 11.9. The van der Waals surface area contributed by atoms with Crippen LogP contribution in [0.1, 0.15) is 19.1 Å². The molecule has 9 heteroatoms. The maximum absolute atomic E-state index is 12.1. The normalized spacial score (nSPS) is 16.0. The van der Waals surface area contributed by atoms with Crippen LogP contribution < -0.4 is 25.6 Å². The molecule has 1 amide bonds. The number of furan rings is 1. The molecular formula is C21H30IN5O3. The van der Waals surface area contributed by atoms with Gasteiger partial charge < -0.3 is 30.0 Å². The Labute approximate surface area is 194 Å². The number of para-hydroxylation sites is 2. The number of hydrogen-bond acceptors (Lipinski definition) is 5. The first kappa shape index (κ1) is 23.8. The van der Waals surface area contributed by atoms with E-state index >= 15 is 0 Å². The molecule has 1 unspecified atom stereocenters. The van der Waals surface area contributed by atoms with Gasteiger partial charge in [-0.05, 0) is 37.6 Å². The monoisotopic (exact) mass is 527 g/mol. The van der Waals surface area contributed by atoms with Gasteiger partial charge >= 0.3 is 0 Å². The third-order valence-corrected chi connectivity index (χ3v) is 4.72. The Balaban J connectivity index is 0.00000320. The summed E-state index contributed by atoms with van der Waals surface area (Å²) < 4.78 is 10.7. The molecule has 2 aromatic rings. The molecule has 8 nitrogen and oxygen atoms in total. The van der Waals surface area contributed by atoms with E-state index in [1.165, 1.54) is 0 Å². The average Bonchev–Trinajstić information content (AvgIpc) is 3.42. The Kier molecular flexibility index (Phi) is 9.78. The largest absolute Gasteiger partial charge is 0.495 e. The lowest BCUT2D eigenvalue weighted by Gasteiger charge is -2.22. The minimum Gasteiger partial charge on any atom is -0.495 e. The van der Waals surface area contributed by atoms with Crippen molar-refractivity contribution in [1.29, 1.82) is 0 Å². The number of hydrogen-bond donors (Lipinski definition) is 3. The molecule has 2 heterocycles. The molecule has 3 rings (SSSR count). The van der Waals surface area contributed by atoms with Crippen LogP contribution in [0.4, 0.5) is 5.69 Å². The maximum atomic E-state index is 12.1. The highest BCUT2D eigenvalue weighted by Gasteiger charge is 2.25. The second-order valence-electron chi connectivity index (χ2n) is 6.80. The standard InChI is InChI=1S/C21H29N5O3.HI/c1-3-22-21(24-14-20(27)23-13-17-7-6-12-29-17)25-16-10-11-26(15-16)18-8-4-5-9-19(18)28-2;/h4-9,12,16H,3,10-11,13-15H2,1-2H3,(H,23,27)(H2,22,24,25);1H. The Bertz CT molecular complexity index is 813. The number of aliphatic imine (C=N–C) groups is 1. The lowest BCUT2D eigenvalue weighted by molar-refractivity contribution is -0.119. The molecular weight excluding hydrogens is 497 g/mol. The molecule has 0 aliphatic carbocycles. The molecule has 164 valence electrons. The number of benzene rings is 1. The smallest absolute Gasteiger partial charge is 0.242 e. The number of amides is 1. The minimum absolute atomic E-state index is 0. The molecule has 1 aromatic carbocycles. The van der Waals surface area contributed by atoms with Gasteiger partial charge in [0, 0.05) is 25.7 Å². The third kappa shape index (κ3) is 6.82. The molecule has 1 aliphatic heterocycles. The SMILES string of the molecule is CCNC(=NCC(=O)NCc1ccco1)NC1CCN(c2ccccc2OC)C1.I. The first-order valence-corrected chi connectivity index (χ1v) is 9.91. The van der Waals surface area contributed by atoms with E-state index in [-0.39, 0.29) is 42.5 Å². The highest BCUT2D eigenvalue weighted by Crippen LogP contribution is 2.30.